The molecule has 0 bridgehead atoms. The highest BCUT2D eigenvalue weighted by Crippen LogP contribution is 2.32. The maximum absolute atomic E-state index is 6.13. The Balaban J connectivity index is 2.40. The van der Waals surface area contributed by atoms with E-state index in [-0.39, 0.29) is 0 Å². The summed E-state index contributed by atoms with van der Waals surface area (Å²) in [6.07, 6.45) is 2.87. The van der Waals surface area contributed by atoms with Crippen molar-refractivity contribution in [1.29, 1.82) is 0 Å². The molecule has 20 heavy (non-hydrogen) atoms. The second kappa shape index (κ2) is 7.27. The lowest BCUT2D eigenvalue weighted by atomic mass is 10.0. The van der Waals surface area contributed by atoms with E-state index in [1.165, 1.54) is 5.56 Å². The van der Waals surface area contributed by atoms with Crippen LogP contribution in [0.15, 0.2) is 36.5 Å². The van der Waals surface area contributed by atoms with E-state index < -0.39 is 0 Å². The molecule has 2 rings (SSSR count). The Hall–Kier alpha value is -1.58. The van der Waals surface area contributed by atoms with E-state index in [4.69, 9.17) is 16.3 Å². The molecule has 1 N–H and O–H groups in total. The summed E-state index contributed by atoms with van der Waals surface area (Å²) in [7, 11) is 1.65. The van der Waals surface area contributed by atoms with Crippen molar-refractivity contribution in [2.45, 2.75) is 19.9 Å². The number of nitrogens with one attached hydrogen (secondary N) is 1. The van der Waals surface area contributed by atoms with Gasteiger partial charge < -0.3 is 10.1 Å². The van der Waals surface area contributed by atoms with Gasteiger partial charge in [0.15, 0.2) is 0 Å². The summed E-state index contributed by atoms with van der Waals surface area (Å²) < 4.78 is 5.39. The van der Waals surface area contributed by atoms with Crippen LogP contribution in [-0.2, 0) is 6.54 Å². The van der Waals surface area contributed by atoms with Crippen molar-refractivity contribution >= 4 is 11.6 Å². The minimum atomic E-state index is 0.701. The van der Waals surface area contributed by atoms with Crippen LogP contribution < -0.4 is 10.1 Å². The summed E-state index contributed by atoms with van der Waals surface area (Å²) in [5, 5.41) is 4.11. The summed E-state index contributed by atoms with van der Waals surface area (Å²) >= 11 is 6.13. The van der Waals surface area contributed by atoms with Crippen LogP contribution in [0.25, 0.3) is 11.3 Å². The summed E-state index contributed by atoms with van der Waals surface area (Å²) in [6, 6.07) is 9.65. The van der Waals surface area contributed by atoms with Gasteiger partial charge in [0.1, 0.15) is 11.4 Å². The molecule has 0 aliphatic carbocycles. The van der Waals surface area contributed by atoms with Crippen molar-refractivity contribution in [2.24, 2.45) is 0 Å². The molecule has 1 aromatic carbocycles. The minimum absolute atomic E-state index is 0.701. The van der Waals surface area contributed by atoms with E-state index in [1.807, 2.05) is 30.3 Å². The summed E-state index contributed by atoms with van der Waals surface area (Å²) in [5.41, 5.74) is 3.00. The number of hydrogen-bond acceptors (Lipinski definition) is 3. The number of nitrogens with zero attached hydrogens (tertiary/aromatic N) is 1. The van der Waals surface area contributed by atoms with Crippen LogP contribution in [0.5, 0.6) is 5.75 Å². The molecule has 4 heteroatoms. The Morgan fingerprint density at radius 3 is 2.90 bits per heavy atom. The first-order valence-electron chi connectivity index (χ1n) is 6.74. The van der Waals surface area contributed by atoms with Crippen LogP contribution >= 0.6 is 11.6 Å². The van der Waals surface area contributed by atoms with Gasteiger partial charge in [0.2, 0.25) is 0 Å². The third-order valence-electron chi connectivity index (χ3n) is 3.06. The largest absolute Gasteiger partial charge is 0.494 e. The van der Waals surface area contributed by atoms with Crippen LogP contribution in [-0.4, -0.2) is 18.6 Å². The number of halogens is 1. The van der Waals surface area contributed by atoms with Crippen LogP contribution in [0.3, 0.4) is 0 Å². The van der Waals surface area contributed by atoms with Crippen LogP contribution in [0.2, 0.25) is 5.02 Å². The zero-order valence-corrected chi connectivity index (χ0v) is 12.6. The molecule has 0 spiro atoms. The molecule has 0 aliphatic heterocycles. The fourth-order valence-electron chi connectivity index (χ4n) is 2.08. The SMILES string of the molecule is CCCNCc1ccc(Cl)cc1-c1ncccc1OC. The molecule has 0 amide bonds. The molecule has 0 aliphatic rings. The predicted octanol–water partition coefficient (Wildman–Crippen LogP) is 3.91. The second-order valence-electron chi connectivity index (χ2n) is 4.53. The van der Waals surface area contributed by atoms with Gasteiger partial charge in [-0.25, -0.2) is 0 Å². The van der Waals surface area contributed by atoms with Crippen molar-refractivity contribution in [1.82, 2.24) is 10.3 Å². The molecular formula is C16H19ClN2O. The first-order valence-corrected chi connectivity index (χ1v) is 7.12. The molecule has 0 atom stereocenters. The first-order chi connectivity index (χ1) is 9.76. The predicted molar refractivity (Wildman–Crippen MR) is 83.2 cm³/mol. The molecule has 0 radical (unpaired) electrons. The van der Waals surface area contributed by atoms with Crippen molar-refractivity contribution in [2.75, 3.05) is 13.7 Å². The number of hydrogen-bond donors (Lipinski definition) is 1. The minimum Gasteiger partial charge on any atom is -0.494 e. The Morgan fingerprint density at radius 2 is 2.15 bits per heavy atom. The third-order valence-corrected chi connectivity index (χ3v) is 3.29. The zero-order chi connectivity index (χ0) is 14.4. The average Bonchev–Trinajstić information content (AvgIpc) is 2.49. The number of benzene rings is 1. The summed E-state index contributed by atoms with van der Waals surface area (Å²) in [4.78, 5) is 4.44. The van der Waals surface area contributed by atoms with Gasteiger partial charge in [0.05, 0.1) is 7.11 Å². The quantitative estimate of drug-likeness (QED) is 0.819. The van der Waals surface area contributed by atoms with Gasteiger partial charge in [-0.15, -0.1) is 0 Å². The first kappa shape index (κ1) is 14.8. The van der Waals surface area contributed by atoms with Gasteiger partial charge in [-0.3, -0.25) is 4.98 Å². The van der Waals surface area contributed by atoms with Gasteiger partial charge in [-0.2, -0.15) is 0 Å². The molecule has 2 aromatic rings. The summed E-state index contributed by atoms with van der Waals surface area (Å²) in [6.45, 7) is 3.93. The molecule has 0 unspecified atom stereocenters. The summed E-state index contributed by atoms with van der Waals surface area (Å²) in [5.74, 6) is 0.756. The van der Waals surface area contributed by atoms with Crippen molar-refractivity contribution < 1.29 is 4.74 Å². The van der Waals surface area contributed by atoms with Crippen molar-refractivity contribution in [3.05, 3.63) is 47.1 Å². The maximum atomic E-state index is 6.13. The Kier molecular flexibility index (Phi) is 5.39. The topological polar surface area (TPSA) is 34.2 Å². The van der Waals surface area contributed by atoms with Gasteiger partial charge >= 0.3 is 0 Å². The Labute approximate surface area is 124 Å². The number of aromatic nitrogens is 1. The van der Waals surface area contributed by atoms with Gasteiger partial charge in [0.25, 0.3) is 0 Å². The smallest absolute Gasteiger partial charge is 0.145 e. The molecule has 0 saturated carbocycles. The standard InChI is InChI=1S/C16H19ClN2O/c1-3-8-18-11-12-6-7-13(17)10-14(12)16-15(20-2)5-4-9-19-16/h4-7,9-10,18H,3,8,11H2,1-2H3. The van der Waals surface area contributed by atoms with E-state index in [0.29, 0.717) is 5.02 Å². The normalized spacial score (nSPS) is 10.6. The lowest BCUT2D eigenvalue weighted by molar-refractivity contribution is 0.415. The van der Waals surface area contributed by atoms with E-state index in [0.717, 1.165) is 36.5 Å². The highest BCUT2D eigenvalue weighted by molar-refractivity contribution is 6.30. The fraction of sp³-hybridized carbons (Fsp3) is 0.312. The Bertz CT molecular complexity index is 572. The van der Waals surface area contributed by atoms with E-state index in [9.17, 15) is 0 Å². The highest BCUT2D eigenvalue weighted by Gasteiger charge is 2.12. The third kappa shape index (κ3) is 3.50. The molecular weight excluding hydrogens is 272 g/mol. The van der Waals surface area contributed by atoms with Crippen molar-refractivity contribution in [3.8, 4) is 17.0 Å². The van der Waals surface area contributed by atoms with Gasteiger partial charge in [-0.1, -0.05) is 24.6 Å². The van der Waals surface area contributed by atoms with Gasteiger partial charge in [0, 0.05) is 23.3 Å². The van der Waals surface area contributed by atoms with E-state index in [2.05, 4.69) is 17.2 Å². The highest BCUT2D eigenvalue weighted by atomic mass is 35.5. The molecule has 0 saturated heterocycles. The van der Waals surface area contributed by atoms with E-state index in [1.54, 1.807) is 13.3 Å². The fourth-order valence-corrected chi connectivity index (χ4v) is 2.25. The number of methoxy groups -OCH3 is 1. The number of rotatable bonds is 6. The zero-order valence-electron chi connectivity index (χ0n) is 11.8. The van der Waals surface area contributed by atoms with Crippen LogP contribution in [0, 0.1) is 0 Å². The maximum Gasteiger partial charge on any atom is 0.145 e. The lowest BCUT2D eigenvalue weighted by Gasteiger charge is -2.13. The number of ether oxygens (including phenoxy) is 1. The molecule has 1 aromatic heterocycles. The monoisotopic (exact) mass is 290 g/mol. The Morgan fingerprint density at radius 1 is 1.30 bits per heavy atom. The lowest BCUT2D eigenvalue weighted by Crippen LogP contribution is -2.14. The number of pyridine rings is 1. The van der Waals surface area contributed by atoms with Crippen LogP contribution in [0.1, 0.15) is 18.9 Å². The molecule has 106 valence electrons. The van der Waals surface area contributed by atoms with Crippen molar-refractivity contribution in [3.63, 3.8) is 0 Å². The molecule has 1 heterocycles. The van der Waals surface area contributed by atoms with Gasteiger partial charge in [-0.05, 0) is 42.8 Å². The second-order valence-corrected chi connectivity index (χ2v) is 4.97. The molecule has 3 nitrogen and oxygen atoms in total. The van der Waals surface area contributed by atoms with E-state index >= 15 is 0 Å². The molecule has 0 fully saturated rings. The average molecular weight is 291 g/mol. The van der Waals surface area contributed by atoms with Crippen LogP contribution in [0.4, 0.5) is 0 Å².